The van der Waals surface area contributed by atoms with Gasteiger partial charge < -0.3 is 9.84 Å². The first-order chi connectivity index (χ1) is 7.77. The molecule has 0 saturated carbocycles. The van der Waals surface area contributed by atoms with Crippen LogP contribution in [0.2, 0.25) is 0 Å². The van der Waals surface area contributed by atoms with E-state index in [1.165, 1.54) is 0 Å². The van der Waals surface area contributed by atoms with E-state index in [0.29, 0.717) is 13.0 Å². The minimum atomic E-state index is -0.457. The summed E-state index contributed by atoms with van der Waals surface area (Å²) in [5.74, 6) is 6.57. The lowest BCUT2D eigenvalue weighted by Crippen LogP contribution is -1.98. The highest BCUT2D eigenvalue weighted by Gasteiger charge is 2.07. The number of hydrogen-bond acceptors (Lipinski definition) is 2. The van der Waals surface area contributed by atoms with Crippen LogP contribution >= 0.6 is 0 Å². The summed E-state index contributed by atoms with van der Waals surface area (Å²) in [6, 6.07) is 7.58. The number of benzene rings is 1. The van der Waals surface area contributed by atoms with E-state index in [2.05, 4.69) is 11.8 Å². The molecule has 16 heavy (non-hydrogen) atoms. The number of aliphatic hydroxyl groups excluding tert-OH is 1. The van der Waals surface area contributed by atoms with Crippen LogP contribution in [0.3, 0.4) is 0 Å². The Kier molecular flexibility index (Phi) is 5.45. The fourth-order valence-electron chi connectivity index (χ4n) is 1.48. The highest BCUT2D eigenvalue weighted by Crippen LogP contribution is 2.22. The average Bonchev–Trinajstić information content (AvgIpc) is 2.30. The van der Waals surface area contributed by atoms with Crippen molar-refractivity contribution in [1.29, 1.82) is 0 Å². The van der Waals surface area contributed by atoms with Crippen molar-refractivity contribution in [3.8, 4) is 17.6 Å². The molecule has 2 nitrogen and oxygen atoms in total. The Labute approximate surface area is 97.3 Å². The van der Waals surface area contributed by atoms with E-state index in [4.69, 9.17) is 4.74 Å². The van der Waals surface area contributed by atoms with Gasteiger partial charge >= 0.3 is 0 Å². The summed E-state index contributed by atoms with van der Waals surface area (Å²) in [5, 5.41) is 9.92. The van der Waals surface area contributed by atoms with Gasteiger partial charge in [-0.2, -0.15) is 0 Å². The van der Waals surface area contributed by atoms with Crippen LogP contribution in [0, 0.1) is 11.8 Å². The van der Waals surface area contributed by atoms with Crippen molar-refractivity contribution < 1.29 is 9.84 Å². The first kappa shape index (κ1) is 12.6. The topological polar surface area (TPSA) is 29.5 Å². The number of hydrogen-bond donors (Lipinski definition) is 1. The Morgan fingerprint density at radius 3 is 2.94 bits per heavy atom. The molecule has 0 aliphatic carbocycles. The second-order valence-electron chi connectivity index (χ2n) is 3.49. The van der Waals surface area contributed by atoms with Gasteiger partial charge in [0.25, 0.3) is 0 Å². The minimum absolute atomic E-state index is 0.457. The van der Waals surface area contributed by atoms with Gasteiger partial charge in [0.1, 0.15) is 5.75 Å². The molecule has 1 aromatic carbocycles. The lowest BCUT2D eigenvalue weighted by atomic mass is 10.0. The Bertz CT molecular complexity index is 374. The molecule has 1 rings (SSSR count). The lowest BCUT2D eigenvalue weighted by molar-refractivity contribution is 0.169. The summed E-state index contributed by atoms with van der Waals surface area (Å²) in [7, 11) is 0. The standard InChI is InChI=1S/C14H18O2/c1-3-5-6-10-14(15)12-8-7-9-13(11-12)16-4-2/h7-9,11,14-15H,4,6,10H2,1-2H3. The Morgan fingerprint density at radius 1 is 1.44 bits per heavy atom. The quantitative estimate of drug-likeness (QED) is 0.770. The van der Waals surface area contributed by atoms with Gasteiger partial charge in [0.05, 0.1) is 12.7 Å². The average molecular weight is 218 g/mol. The summed E-state index contributed by atoms with van der Waals surface area (Å²) in [6.07, 6.45) is 0.925. The van der Waals surface area contributed by atoms with Crippen molar-refractivity contribution in [2.45, 2.75) is 32.8 Å². The lowest BCUT2D eigenvalue weighted by Gasteiger charge is -2.11. The molecule has 2 heteroatoms. The van der Waals surface area contributed by atoms with Crippen molar-refractivity contribution in [3.63, 3.8) is 0 Å². The molecule has 0 aliphatic rings. The predicted molar refractivity (Wildman–Crippen MR) is 65.3 cm³/mol. The molecule has 0 radical (unpaired) electrons. The molecule has 0 spiro atoms. The summed E-state index contributed by atoms with van der Waals surface area (Å²) < 4.78 is 5.38. The molecule has 0 bridgehead atoms. The van der Waals surface area contributed by atoms with Crippen LogP contribution in [0.4, 0.5) is 0 Å². The number of aliphatic hydroxyl groups is 1. The first-order valence-corrected chi connectivity index (χ1v) is 5.58. The fraction of sp³-hybridized carbons (Fsp3) is 0.429. The zero-order valence-corrected chi connectivity index (χ0v) is 9.86. The summed E-state index contributed by atoms with van der Waals surface area (Å²) in [6.45, 7) is 4.39. The molecule has 0 heterocycles. The molecular weight excluding hydrogens is 200 g/mol. The monoisotopic (exact) mass is 218 g/mol. The van der Waals surface area contributed by atoms with Crippen LogP contribution in [0.1, 0.15) is 38.4 Å². The van der Waals surface area contributed by atoms with E-state index >= 15 is 0 Å². The van der Waals surface area contributed by atoms with Gasteiger partial charge in [-0.1, -0.05) is 12.1 Å². The van der Waals surface area contributed by atoms with Gasteiger partial charge in [-0.3, -0.25) is 0 Å². The molecule has 0 amide bonds. The normalized spacial score (nSPS) is 11.4. The third kappa shape index (κ3) is 3.96. The third-order valence-corrected chi connectivity index (χ3v) is 2.27. The second kappa shape index (κ2) is 6.92. The molecule has 0 aliphatic heterocycles. The van der Waals surface area contributed by atoms with Crippen molar-refractivity contribution in [1.82, 2.24) is 0 Å². The van der Waals surface area contributed by atoms with E-state index in [0.717, 1.165) is 17.7 Å². The molecule has 0 fully saturated rings. The third-order valence-electron chi connectivity index (χ3n) is 2.27. The van der Waals surface area contributed by atoms with Gasteiger partial charge in [0, 0.05) is 6.42 Å². The zero-order chi connectivity index (χ0) is 11.8. The maximum absolute atomic E-state index is 9.92. The second-order valence-corrected chi connectivity index (χ2v) is 3.49. The van der Waals surface area contributed by atoms with Crippen molar-refractivity contribution in [2.75, 3.05) is 6.61 Å². The van der Waals surface area contributed by atoms with E-state index in [9.17, 15) is 5.11 Å². The highest BCUT2D eigenvalue weighted by atomic mass is 16.5. The van der Waals surface area contributed by atoms with Crippen LogP contribution in [0.25, 0.3) is 0 Å². The minimum Gasteiger partial charge on any atom is -0.494 e. The van der Waals surface area contributed by atoms with Gasteiger partial charge in [-0.15, -0.1) is 11.8 Å². The largest absolute Gasteiger partial charge is 0.494 e. The van der Waals surface area contributed by atoms with Crippen LogP contribution in [-0.2, 0) is 0 Å². The molecule has 0 aromatic heterocycles. The predicted octanol–water partition coefficient (Wildman–Crippen LogP) is 2.92. The SMILES string of the molecule is CC#CCCC(O)c1cccc(OCC)c1. The fourth-order valence-corrected chi connectivity index (χ4v) is 1.48. The van der Waals surface area contributed by atoms with Gasteiger partial charge in [-0.25, -0.2) is 0 Å². The van der Waals surface area contributed by atoms with E-state index in [-0.39, 0.29) is 0 Å². The van der Waals surface area contributed by atoms with Crippen LogP contribution < -0.4 is 4.74 Å². The Hall–Kier alpha value is -1.46. The first-order valence-electron chi connectivity index (χ1n) is 5.58. The maximum atomic E-state index is 9.92. The molecular formula is C14H18O2. The van der Waals surface area contributed by atoms with E-state index in [1.807, 2.05) is 38.1 Å². The number of rotatable bonds is 5. The van der Waals surface area contributed by atoms with Crippen molar-refractivity contribution >= 4 is 0 Å². The van der Waals surface area contributed by atoms with Gasteiger partial charge in [-0.05, 0) is 38.0 Å². The molecule has 1 N–H and O–H groups in total. The van der Waals surface area contributed by atoms with Gasteiger partial charge in [0.2, 0.25) is 0 Å². The van der Waals surface area contributed by atoms with Crippen LogP contribution in [0.5, 0.6) is 5.75 Å². The smallest absolute Gasteiger partial charge is 0.119 e. The zero-order valence-electron chi connectivity index (χ0n) is 9.86. The maximum Gasteiger partial charge on any atom is 0.119 e. The van der Waals surface area contributed by atoms with Crippen LogP contribution in [-0.4, -0.2) is 11.7 Å². The molecule has 86 valence electrons. The Morgan fingerprint density at radius 2 is 2.25 bits per heavy atom. The summed E-state index contributed by atoms with van der Waals surface area (Å²) in [4.78, 5) is 0. The van der Waals surface area contributed by atoms with E-state index in [1.54, 1.807) is 0 Å². The molecule has 0 saturated heterocycles. The molecule has 1 unspecified atom stereocenters. The van der Waals surface area contributed by atoms with Crippen molar-refractivity contribution in [2.24, 2.45) is 0 Å². The number of ether oxygens (including phenoxy) is 1. The Balaban J connectivity index is 2.62. The highest BCUT2D eigenvalue weighted by molar-refractivity contribution is 5.29. The van der Waals surface area contributed by atoms with E-state index < -0.39 is 6.10 Å². The van der Waals surface area contributed by atoms with Crippen LogP contribution in [0.15, 0.2) is 24.3 Å². The molecule has 1 aromatic rings. The summed E-state index contributed by atoms with van der Waals surface area (Å²) >= 11 is 0. The van der Waals surface area contributed by atoms with Gasteiger partial charge in [0.15, 0.2) is 0 Å². The molecule has 1 atom stereocenters. The van der Waals surface area contributed by atoms with Crippen molar-refractivity contribution in [3.05, 3.63) is 29.8 Å². The summed E-state index contributed by atoms with van der Waals surface area (Å²) in [5.41, 5.74) is 0.892.